The average molecular weight is 259 g/mol. The minimum Gasteiger partial charge on any atom is -0.465 e. The maximum atomic E-state index is 11.8. The average Bonchev–Trinajstić information content (AvgIpc) is 2.76. The van der Waals surface area contributed by atoms with Crippen molar-refractivity contribution in [3.63, 3.8) is 0 Å². The van der Waals surface area contributed by atoms with Gasteiger partial charge in [-0.1, -0.05) is 13.3 Å². The minimum atomic E-state index is -0.106. The van der Waals surface area contributed by atoms with Gasteiger partial charge in [-0.15, -0.1) is 0 Å². The summed E-state index contributed by atoms with van der Waals surface area (Å²) in [5.74, 6) is -0.0815. The predicted molar refractivity (Wildman–Crippen MR) is 73.4 cm³/mol. The smallest absolute Gasteiger partial charge is 0.323 e. The molecule has 1 N–H and O–H groups in total. The molecule has 0 heterocycles. The zero-order valence-electron chi connectivity index (χ0n) is 11.2. The fourth-order valence-corrected chi connectivity index (χ4v) is 3.19. The van der Waals surface area contributed by atoms with E-state index in [-0.39, 0.29) is 12.0 Å². The summed E-state index contributed by atoms with van der Waals surface area (Å²) in [6.45, 7) is 4.44. The molecule has 0 aromatic carbocycles. The van der Waals surface area contributed by atoms with Crippen LogP contribution in [0.1, 0.15) is 46.0 Å². The Balaban J connectivity index is 2.41. The molecule has 17 heavy (non-hydrogen) atoms. The molecule has 0 aromatic rings. The number of esters is 1. The molecule has 1 saturated carbocycles. The van der Waals surface area contributed by atoms with E-state index in [1.54, 1.807) is 0 Å². The lowest BCUT2D eigenvalue weighted by molar-refractivity contribution is -0.146. The van der Waals surface area contributed by atoms with Crippen molar-refractivity contribution < 1.29 is 9.53 Å². The highest BCUT2D eigenvalue weighted by molar-refractivity contribution is 7.99. The molecule has 0 aliphatic heterocycles. The van der Waals surface area contributed by atoms with Gasteiger partial charge < -0.3 is 10.1 Å². The summed E-state index contributed by atoms with van der Waals surface area (Å²) in [5, 5.41) is 4.24. The van der Waals surface area contributed by atoms with E-state index >= 15 is 0 Å². The molecule has 3 atom stereocenters. The molecular weight excluding hydrogens is 234 g/mol. The van der Waals surface area contributed by atoms with E-state index in [9.17, 15) is 4.79 Å². The number of carbonyl (C=O) groups excluding carboxylic acids is 1. The van der Waals surface area contributed by atoms with Crippen molar-refractivity contribution in [2.24, 2.45) is 0 Å². The third-order valence-corrected chi connectivity index (χ3v) is 4.40. The third-order valence-electron chi connectivity index (χ3n) is 3.30. The lowest BCUT2D eigenvalue weighted by Crippen LogP contribution is -2.43. The topological polar surface area (TPSA) is 38.3 Å². The van der Waals surface area contributed by atoms with Crippen molar-refractivity contribution in [2.75, 3.05) is 12.9 Å². The molecule has 1 rings (SSSR count). The van der Waals surface area contributed by atoms with Crippen molar-refractivity contribution in [3.05, 3.63) is 0 Å². The Morgan fingerprint density at radius 2 is 2.24 bits per heavy atom. The quantitative estimate of drug-likeness (QED) is 0.713. The van der Waals surface area contributed by atoms with E-state index in [4.69, 9.17) is 4.74 Å². The number of ether oxygens (including phenoxy) is 1. The van der Waals surface area contributed by atoms with E-state index in [0.29, 0.717) is 12.6 Å². The molecule has 0 saturated heterocycles. The van der Waals surface area contributed by atoms with Gasteiger partial charge in [-0.05, 0) is 38.9 Å². The maximum absolute atomic E-state index is 11.8. The summed E-state index contributed by atoms with van der Waals surface area (Å²) in [5.41, 5.74) is 0. The van der Waals surface area contributed by atoms with Crippen LogP contribution in [0.3, 0.4) is 0 Å². The van der Waals surface area contributed by atoms with Crippen LogP contribution in [0, 0.1) is 0 Å². The molecule has 3 unspecified atom stereocenters. The Morgan fingerprint density at radius 1 is 1.47 bits per heavy atom. The van der Waals surface area contributed by atoms with Crippen molar-refractivity contribution in [1.82, 2.24) is 5.32 Å². The standard InChI is InChI=1S/C13H25NO2S/c1-4-6-12(13(15)16-5-2)14-10-7-8-11(9-10)17-3/h10-12,14H,4-9H2,1-3H3. The van der Waals surface area contributed by atoms with E-state index < -0.39 is 0 Å². The molecule has 1 fully saturated rings. The van der Waals surface area contributed by atoms with Crippen LogP contribution in [0.5, 0.6) is 0 Å². The van der Waals surface area contributed by atoms with Gasteiger partial charge >= 0.3 is 5.97 Å². The molecule has 0 bridgehead atoms. The van der Waals surface area contributed by atoms with Gasteiger partial charge in [-0.3, -0.25) is 4.79 Å². The summed E-state index contributed by atoms with van der Waals surface area (Å²) in [6, 6.07) is 0.388. The SMILES string of the molecule is CCCC(NC1CCC(SC)C1)C(=O)OCC. The summed E-state index contributed by atoms with van der Waals surface area (Å²) >= 11 is 1.94. The van der Waals surface area contributed by atoms with E-state index in [1.807, 2.05) is 18.7 Å². The first-order valence-corrected chi connectivity index (χ1v) is 7.95. The number of hydrogen-bond acceptors (Lipinski definition) is 4. The molecule has 1 aliphatic carbocycles. The van der Waals surface area contributed by atoms with Crippen LogP contribution in [-0.4, -0.2) is 36.2 Å². The van der Waals surface area contributed by atoms with Crippen LogP contribution >= 0.6 is 11.8 Å². The molecule has 0 aromatic heterocycles. The summed E-state index contributed by atoms with van der Waals surface area (Å²) in [7, 11) is 0. The fourth-order valence-electron chi connectivity index (χ4n) is 2.39. The molecule has 4 heteroatoms. The second-order valence-corrected chi connectivity index (χ2v) is 5.77. The molecular formula is C13H25NO2S. The molecule has 0 spiro atoms. The van der Waals surface area contributed by atoms with Crippen molar-refractivity contribution >= 4 is 17.7 Å². The summed E-state index contributed by atoms with van der Waals surface area (Å²) in [4.78, 5) is 11.8. The molecule has 3 nitrogen and oxygen atoms in total. The van der Waals surface area contributed by atoms with Crippen LogP contribution in [-0.2, 0) is 9.53 Å². The highest BCUT2D eigenvalue weighted by atomic mass is 32.2. The van der Waals surface area contributed by atoms with Crippen LogP contribution in [0.4, 0.5) is 0 Å². The van der Waals surface area contributed by atoms with Crippen molar-refractivity contribution in [1.29, 1.82) is 0 Å². The van der Waals surface area contributed by atoms with Crippen LogP contribution in [0.2, 0.25) is 0 Å². The van der Waals surface area contributed by atoms with Gasteiger partial charge in [0.05, 0.1) is 6.61 Å². The van der Waals surface area contributed by atoms with Gasteiger partial charge in [-0.2, -0.15) is 11.8 Å². The van der Waals surface area contributed by atoms with Crippen LogP contribution < -0.4 is 5.32 Å². The number of hydrogen-bond donors (Lipinski definition) is 1. The first kappa shape index (κ1) is 14.8. The van der Waals surface area contributed by atoms with Crippen molar-refractivity contribution in [3.8, 4) is 0 Å². The van der Waals surface area contributed by atoms with E-state index in [0.717, 1.165) is 18.1 Å². The fraction of sp³-hybridized carbons (Fsp3) is 0.923. The van der Waals surface area contributed by atoms with E-state index in [2.05, 4.69) is 18.5 Å². The minimum absolute atomic E-state index is 0.0815. The second kappa shape index (κ2) is 7.98. The first-order valence-electron chi connectivity index (χ1n) is 6.66. The highest BCUT2D eigenvalue weighted by Crippen LogP contribution is 2.28. The third kappa shape index (κ3) is 4.88. The van der Waals surface area contributed by atoms with Gasteiger partial charge in [0.2, 0.25) is 0 Å². The first-order chi connectivity index (χ1) is 8.21. The normalized spacial score (nSPS) is 25.8. The zero-order chi connectivity index (χ0) is 12.7. The molecule has 1 aliphatic rings. The maximum Gasteiger partial charge on any atom is 0.323 e. The Labute approximate surface area is 109 Å². The molecule has 0 amide bonds. The van der Waals surface area contributed by atoms with Crippen LogP contribution in [0.15, 0.2) is 0 Å². The number of carbonyl (C=O) groups is 1. The lowest BCUT2D eigenvalue weighted by Gasteiger charge is -2.21. The Bertz CT molecular complexity index is 235. The van der Waals surface area contributed by atoms with Crippen LogP contribution in [0.25, 0.3) is 0 Å². The lowest BCUT2D eigenvalue weighted by atomic mass is 10.1. The number of rotatable bonds is 7. The summed E-state index contributed by atoms with van der Waals surface area (Å²) < 4.78 is 5.11. The highest BCUT2D eigenvalue weighted by Gasteiger charge is 2.28. The summed E-state index contributed by atoms with van der Waals surface area (Å²) in [6.07, 6.45) is 7.68. The second-order valence-electron chi connectivity index (χ2n) is 4.63. The monoisotopic (exact) mass is 259 g/mol. The largest absolute Gasteiger partial charge is 0.465 e. The predicted octanol–water partition coefficient (Wildman–Crippen LogP) is 2.59. The van der Waals surface area contributed by atoms with Crippen molar-refractivity contribution in [2.45, 2.75) is 63.3 Å². The van der Waals surface area contributed by atoms with Gasteiger partial charge in [0.1, 0.15) is 6.04 Å². The van der Waals surface area contributed by atoms with Gasteiger partial charge in [0, 0.05) is 11.3 Å². The van der Waals surface area contributed by atoms with Gasteiger partial charge in [-0.25, -0.2) is 0 Å². The van der Waals surface area contributed by atoms with Gasteiger partial charge in [0.15, 0.2) is 0 Å². The van der Waals surface area contributed by atoms with Gasteiger partial charge in [0.25, 0.3) is 0 Å². The zero-order valence-corrected chi connectivity index (χ0v) is 12.0. The Hall–Kier alpha value is -0.220. The molecule has 0 radical (unpaired) electrons. The van der Waals surface area contributed by atoms with E-state index in [1.165, 1.54) is 19.3 Å². The Morgan fingerprint density at radius 3 is 2.76 bits per heavy atom. The number of nitrogens with one attached hydrogen (secondary N) is 1. The number of thioether (sulfide) groups is 1. The Kier molecular flexibility index (Phi) is 6.97. The molecule has 100 valence electrons.